The van der Waals surface area contributed by atoms with Crippen molar-refractivity contribution in [3.05, 3.63) is 100 Å². The second-order valence-electron chi connectivity index (χ2n) is 8.51. The Morgan fingerprint density at radius 2 is 1.67 bits per heavy atom. The van der Waals surface area contributed by atoms with Crippen molar-refractivity contribution in [3.8, 4) is 5.69 Å². The maximum Gasteiger partial charge on any atom is 0.254 e. The zero-order chi connectivity index (χ0) is 25.7. The first-order chi connectivity index (χ1) is 17.4. The Hall–Kier alpha value is -4.04. The molecule has 4 aromatic rings. The number of halogens is 1. The Balaban J connectivity index is 1.71. The average molecular weight is 503 g/mol. The van der Waals surface area contributed by atoms with Crippen molar-refractivity contribution in [2.75, 3.05) is 11.9 Å². The van der Waals surface area contributed by atoms with Crippen molar-refractivity contribution in [2.24, 2.45) is 0 Å². The summed E-state index contributed by atoms with van der Waals surface area (Å²) in [7, 11) is 0. The van der Waals surface area contributed by atoms with Crippen molar-refractivity contribution in [2.45, 2.75) is 33.2 Å². The van der Waals surface area contributed by atoms with E-state index in [9.17, 15) is 9.59 Å². The monoisotopic (exact) mass is 502 g/mol. The standard InChI is InChI=1S/C27H27ClN6O2/c1-4-16-33(27(36)21-10-14-23(15-11-21)34-17-29-31-32-34)25(20-8-12-22(28)13-9-20)26(35)30-24-18(2)6-5-7-19(24)3/h5-15,17,25H,4,16H2,1-3H3,(H,30,35). The van der Waals surface area contributed by atoms with Crippen LogP contribution in [0.1, 0.15) is 46.4 Å². The minimum atomic E-state index is -0.854. The van der Waals surface area contributed by atoms with Crippen LogP contribution in [0.2, 0.25) is 5.02 Å². The lowest BCUT2D eigenvalue weighted by Gasteiger charge is -2.31. The molecule has 1 N–H and O–H groups in total. The van der Waals surface area contributed by atoms with Crippen molar-refractivity contribution in [1.82, 2.24) is 25.1 Å². The number of tetrazole rings is 1. The fraction of sp³-hybridized carbons (Fsp3) is 0.222. The summed E-state index contributed by atoms with van der Waals surface area (Å²) in [5.41, 5.74) is 4.50. The summed E-state index contributed by atoms with van der Waals surface area (Å²) in [6.45, 7) is 6.26. The number of para-hydroxylation sites is 1. The number of anilines is 1. The van der Waals surface area contributed by atoms with E-state index in [1.807, 2.05) is 39.0 Å². The lowest BCUT2D eigenvalue weighted by Crippen LogP contribution is -2.42. The van der Waals surface area contributed by atoms with Gasteiger partial charge in [-0.1, -0.05) is 48.9 Å². The normalized spacial score (nSPS) is 11.7. The van der Waals surface area contributed by atoms with Gasteiger partial charge < -0.3 is 10.2 Å². The molecule has 0 aliphatic carbocycles. The molecule has 36 heavy (non-hydrogen) atoms. The summed E-state index contributed by atoms with van der Waals surface area (Å²) in [6.07, 6.45) is 2.16. The average Bonchev–Trinajstić information content (AvgIpc) is 3.42. The molecule has 1 aromatic heterocycles. The summed E-state index contributed by atoms with van der Waals surface area (Å²) >= 11 is 6.13. The molecular formula is C27H27ClN6O2. The predicted molar refractivity (Wildman–Crippen MR) is 139 cm³/mol. The number of aryl methyl sites for hydroxylation is 2. The maximum atomic E-state index is 13.8. The van der Waals surface area contributed by atoms with Crippen molar-refractivity contribution >= 4 is 29.1 Å². The maximum absolute atomic E-state index is 13.8. The molecular weight excluding hydrogens is 476 g/mol. The SMILES string of the molecule is CCCN(C(=O)c1ccc(-n2cnnn2)cc1)C(C(=O)Nc1c(C)cccc1C)c1ccc(Cl)cc1. The predicted octanol–water partition coefficient (Wildman–Crippen LogP) is 5.16. The van der Waals surface area contributed by atoms with Crippen LogP contribution in [-0.4, -0.2) is 43.5 Å². The van der Waals surface area contributed by atoms with Gasteiger partial charge in [-0.2, -0.15) is 0 Å². The van der Waals surface area contributed by atoms with Gasteiger partial charge in [-0.3, -0.25) is 9.59 Å². The van der Waals surface area contributed by atoms with E-state index in [1.165, 1.54) is 11.0 Å². The van der Waals surface area contributed by atoms with Crippen LogP contribution in [0.3, 0.4) is 0 Å². The Morgan fingerprint density at radius 3 is 2.25 bits per heavy atom. The highest BCUT2D eigenvalue weighted by Crippen LogP contribution is 2.28. The molecule has 1 heterocycles. The lowest BCUT2D eigenvalue weighted by atomic mass is 10.0. The van der Waals surface area contributed by atoms with Gasteiger partial charge in [-0.25, -0.2) is 4.68 Å². The van der Waals surface area contributed by atoms with E-state index in [2.05, 4.69) is 20.8 Å². The molecule has 1 atom stereocenters. The van der Waals surface area contributed by atoms with E-state index in [0.29, 0.717) is 29.1 Å². The summed E-state index contributed by atoms with van der Waals surface area (Å²) < 4.78 is 1.51. The van der Waals surface area contributed by atoms with Crippen LogP contribution in [0.15, 0.2) is 73.1 Å². The molecule has 9 heteroatoms. The van der Waals surface area contributed by atoms with Crippen LogP contribution in [0.25, 0.3) is 5.69 Å². The third-order valence-electron chi connectivity index (χ3n) is 5.93. The molecule has 0 bridgehead atoms. The molecule has 3 aromatic carbocycles. The van der Waals surface area contributed by atoms with Crippen LogP contribution in [0.4, 0.5) is 5.69 Å². The van der Waals surface area contributed by atoms with Crippen LogP contribution < -0.4 is 5.32 Å². The van der Waals surface area contributed by atoms with Crippen molar-refractivity contribution in [3.63, 3.8) is 0 Å². The van der Waals surface area contributed by atoms with E-state index in [1.54, 1.807) is 53.4 Å². The van der Waals surface area contributed by atoms with Crippen molar-refractivity contribution in [1.29, 1.82) is 0 Å². The highest BCUT2D eigenvalue weighted by molar-refractivity contribution is 6.30. The second kappa shape index (κ2) is 11.1. The molecule has 0 radical (unpaired) electrons. The molecule has 0 saturated carbocycles. The van der Waals surface area contributed by atoms with Crippen LogP contribution >= 0.6 is 11.6 Å². The van der Waals surface area contributed by atoms with E-state index >= 15 is 0 Å². The Morgan fingerprint density at radius 1 is 1.00 bits per heavy atom. The Labute approximate surface area is 214 Å². The molecule has 2 amide bonds. The molecule has 0 saturated heterocycles. The van der Waals surface area contributed by atoms with E-state index < -0.39 is 6.04 Å². The molecule has 4 rings (SSSR count). The number of carbonyl (C=O) groups is 2. The molecule has 8 nitrogen and oxygen atoms in total. The van der Waals surface area contributed by atoms with E-state index in [0.717, 1.165) is 22.5 Å². The van der Waals surface area contributed by atoms with Crippen LogP contribution in [0.5, 0.6) is 0 Å². The number of nitrogens with zero attached hydrogens (tertiary/aromatic N) is 5. The zero-order valence-corrected chi connectivity index (χ0v) is 21.1. The first-order valence-electron chi connectivity index (χ1n) is 11.7. The molecule has 1 unspecified atom stereocenters. The molecule has 0 aliphatic heterocycles. The number of hydrogen-bond donors (Lipinski definition) is 1. The van der Waals surface area contributed by atoms with Gasteiger partial charge in [0.2, 0.25) is 0 Å². The van der Waals surface area contributed by atoms with E-state index in [4.69, 9.17) is 11.6 Å². The number of hydrogen-bond acceptors (Lipinski definition) is 5. The van der Waals surface area contributed by atoms with Gasteiger partial charge in [0, 0.05) is 22.8 Å². The van der Waals surface area contributed by atoms with Gasteiger partial charge in [0.1, 0.15) is 12.4 Å². The number of amides is 2. The number of aromatic nitrogens is 4. The Bertz CT molecular complexity index is 1320. The summed E-state index contributed by atoms with van der Waals surface area (Å²) in [5, 5.41) is 14.8. The molecule has 184 valence electrons. The lowest BCUT2D eigenvalue weighted by molar-refractivity contribution is -0.120. The van der Waals surface area contributed by atoms with E-state index in [-0.39, 0.29) is 11.8 Å². The van der Waals surface area contributed by atoms with Crippen molar-refractivity contribution < 1.29 is 9.59 Å². The fourth-order valence-electron chi connectivity index (χ4n) is 4.11. The minimum Gasteiger partial charge on any atom is -0.323 e. The highest BCUT2D eigenvalue weighted by Gasteiger charge is 2.32. The third-order valence-corrected chi connectivity index (χ3v) is 6.18. The highest BCUT2D eigenvalue weighted by atomic mass is 35.5. The van der Waals surface area contributed by atoms with Crippen LogP contribution in [-0.2, 0) is 4.79 Å². The summed E-state index contributed by atoms with van der Waals surface area (Å²) in [6, 6.07) is 19.0. The number of nitrogens with one attached hydrogen (secondary N) is 1. The van der Waals surface area contributed by atoms with Gasteiger partial charge in [0.05, 0.1) is 5.69 Å². The first kappa shape index (κ1) is 25.1. The first-order valence-corrected chi connectivity index (χ1v) is 12.0. The Kier molecular flexibility index (Phi) is 7.75. The largest absolute Gasteiger partial charge is 0.323 e. The molecule has 0 fully saturated rings. The summed E-state index contributed by atoms with van der Waals surface area (Å²) in [4.78, 5) is 29.2. The zero-order valence-electron chi connectivity index (χ0n) is 20.4. The fourth-order valence-corrected chi connectivity index (χ4v) is 4.24. The molecule has 0 spiro atoms. The minimum absolute atomic E-state index is 0.253. The topological polar surface area (TPSA) is 93.0 Å². The third kappa shape index (κ3) is 5.44. The van der Waals surface area contributed by atoms with Gasteiger partial charge >= 0.3 is 0 Å². The number of benzene rings is 3. The van der Waals surface area contributed by atoms with Gasteiger partial charge in [0.25, 0.3) is 11.8 Å². The van der Waals surface area contributed by atoms with Gasteiger partial charge in [-0.05, 0) is 83.8 Å². The second-order valence-corrected chi connectivity index (χ2v) is 8.95. The quantitative estimate of drug-likeness (QED) is 0.359. The van der Waals surface area contributed by atoms with Crippen LogP contribution in [0, 0.1) is 13.8 Å². The number of rotatable bonds is 8. The molecule has 0 aliphatic rings. The van der Waals surface area contributed by atoms with Gasteiger partial charge in [-0.15, -0.1) is 5.10 Å². The smallest absolute Gasteiger partial charge is 0.254 e. The number of carbonyl (C=O) groups excluding carboxylic acids is 2. The summed E-state index contributed by atoms with van der Waals surface area (Å²) in [5.74, 6) is -0.543. The van der Waals surface area contributed by atoms with Gasteiger partial charge in [0.15, 0.2) is 0 Å².